The zero-order valence-electron chi connectivity index (χ0n) is 17.6. The van der Waals surface area contributed by atoms with Crippen LogP contribution in [0.2, 0.25) is 0 Å². The zero-order valence-corrected chi connectivity index (χ0v) is 17.6. The highest BCUT2D eigenvalue weighted by Crippen LogP contribution is 2.65. The summed E-state index contributed by atoms with van der Waals surface area (Å²) in [6.45, 7) is 3.65. The number of piperidine rings is 1. The molecular weight excluding hydrogens is 376 g/mol. The molecule has 2 heterocycles. The van der Waals surface area contributed by atoms with Gasteiger partial charge in [-0.1, -0.05) is 35.4 Å². The van der Waals surface area contributed by atoms with Crippen LogP contribution in [0.4, 0.5) is 6.01 Å². The highest BCUT2D eigenvalue weighted by atomic mass is 16.4. The normalized spacial score (nSPS) is 32.0. The first-order valence-corrected chi connectivity index (χ1v) is 11.5. The number of benzene rings is 1. The van der Waals surface area contributed by atoms with E-state index in [1.54, 1.807) is 0 Å². The highest BCUT2D eigenvalue weighted by molar-refractivity contribution is 5.83. The van der Waals surface area contributed by atoms with Crippen LogP contribution in [0.5, 0.6) is 0 Å². The second-order valence-corrected chi connectivity index (χ2v) is 10.3. The molecule has 1 saturated heterocycles. The molecule has 5 fully saturated rings. The minimum atomic E-state index is -0.348. The van der Waals surface area contributed by atoms with E-state index < -0.39 is 0 Å². The van der Waals surface area contributed by atoms with E-state index in [1.807, 2.05) is 11.8 Å². The summed E-state index contributed by atoms with van der Waals surface area (Å²) in [5.41, 5.74) is 2.30. The quantitative estimate of drug-likeness (QED) is 0.809. The van der Waals surface area contributed by atoms with E-state index in [0.29, 0.717) is 23.3 Å². The Kier molecular flexibility index (Phi) is 4.03. The number of amides is 1. The number of fused-ring (bicyclic) bond motifs is 1. The van der Waals surface area contributed by atoms with Crippen molar-refractivity contribution < 1.29 is 9.21 Å². The lowest BCUT2D eigenvalue weighted by molar-refractivity contribution is -0.133. The van der Waals surface area contributed by atoms with Gasteiger partial charge >= 0.3 is 6.01 Å². The van der Waals surface area contributed by atoms with E-state index in [2.05, 4.69) is 45.8 Å². The van der Waals surface area contributed by atoms with Crippen LogP contribution in [0.1, 0.15) is 69.2 Å². The van der Waals surface area contributed by atoms with Crippen LogP contribution >= 0.6 is 0 Å². The maximum absolute atomic E-state index is 12.8. The Hall–Kier alpha value is -2.37. The molecule has 1 aromatic heterocycles. The number of nitrogens with zero attached hydrogens (tertiary/aromatic N) is 3. The van der Waals surface area contributed by atoms with Crippen LogP contribution in [0.3, 0.4) is 0 Å². The maximum atomic E-state index is 12.8. The summed E-state index contributed by atoms with van der Waals surface area (Å²) >= 11 is 0. The van der Waals surface area contributed by atoms with E-state index in [9.17, 15) is 4.79 Å². The van der Waals surface area contributed by atoms with Gasteiger partial charge in [-0.2, -0.15) is 0 Å². The van der Waals surface area contributed by atoms with E-state index in [1.165, 1.54) is 31.2 Å². The van der Waals surface area contributed by atoms with E-state index in [-0.39, 0.29) is 17.4 Å². The smallest absolute Gasteiger partial charge is 0.316 e. The molecule has 6 nitrogen and oxygen atoms in total. The Morgan fingerprint density at radius 1 is 1.10 bits per heavy atom. The summed E-state index contributed by atoms with van der Waals surface area (Å²) in [7, 11) is 0. The molecule has 1 N–H and O–H groups in total. The van der Waals surface area contributed by atoms with Gasteiger partial charge in [-0.15, -0.1) is 5.10 Å². The molecule has 4 saturated carbocycles. The van der Waals surface area contributed by atoms with Gasteiger partial charge in [0.15, 0.2) is 0 Å². The zero-order chi connectivity index (χ0) is 20.3. The van der Waals surface area contributed by atoms with Crippen molar-refractivity contribution in [3.8, 4) is 0 Å². The van der Waals surface area contributed by atoms with Gasteiger partial charge in [-0.25, -0.2) is 0 Å². The molecule has 2 bridgehead atoms. The van der Waals surface area contributed by atoms with Crippen LogP contribution in [0.15, 0.2) is 34.7 Å². The Labute approximate surface area is 177 Å². The molecule has 1 aliphatic heterocycles. The summed E-state index contributed by atoms with van der Waals surface area (Å²) in [5.74, 6) is 1.82. The first kappa shape index (κ1) is 18.4. The molecule has 1 amide bonds. The number of aromatic nitrogens is 2. The molecule has 6 heteroatoms. The molecule has 4 aliphatic carbocycles. The SMILES string of the molecule is CC(Nc1nnc(C2CC3(c4ccccc4)CC2C3)o1)C(=O)N1CCC2(CC1)CC2. The first-order valence-electron chi connectivity index (χ1n) is 11.5. The summed E-state index contributed by atoms with van der Waals surface area (Å²) < 4.78 is 5.99. The molecule has 1 spiro atoms. The van der Waals surface area contributed by atoms with E-state index >= 15 is 0 Å². The van der Waals surface area contributed by atoms with Crippen molar-refractivity contribution >= 4 is 11.9 Å². The van der Waals surface area contributed by atoms with E-state index in [4.69, 9.17) is 4.42 Å². The van der Waals surface area contributed by atoms with Crippen molar-refractivity contribution in [2.75, 3.05) is 18.4 Å². The molecule has 2 atom stereocenters. The number of carbonyl (C=O) groups is 1. The van der Waals surface area contributed by atoms with Crippen molar-refractivity contribution in [2.24, 2.45) is 11.3 Å². The largest absolute Gasteiger partial charge is 0.408 e. The Balaban J connectivity index is 1.08. The number of hydrogen-bond donors (Lipinski definition) is 1. The lowest BCUT2D eigenvalue weighted by Crippen LogP contribution is -2.45. The van der Waals surface area contributed by atoms with Gasteiger partial charge in [0.05, 0.1) is 0 Å². The van der Waals surface area contributed by atoms with Crippen LogP contribution in [-0.4, -0.2) is 40.1 Å². The third kappa shape index (κ3) is 2.95. The van der Waals surface area contributed by atoms with Gasteiger partial charge in [-0.05, 0) is 74.2 Å². The first-order chi connectivity index (χ1) is 14.6. The van der Waals surface area contributed by atoms with Gasteiger partial charge in [0.1, 0.15) is 6.04 Å². The molecule has 30 heavy (non-hydrogen) atoms. The molecule has 1 aromatic carbocycles. The molecule has 2 aromatic rings. The molecule has 0 radical (unpaired) electrons. The monoisotopic (exact) mass is 406 g/mol. The molecular formula is C24H30N4O2. The van der Waals surface area contributed by atoms with Gasteiger partial charge in [0.25, 0.3) is 0 Å². The van der Waals surface area contributed by atoms with Gasteiger partial charge in [0, 0.05) is 19.0 Å². The van der Waals surface area contributed by atoms with Crippen molar-refractivity contribution in [1.82, 2.24) is 15.1 Å². The summed E-state index contributed by atoms with van der Waals surface area (Å²) in [6, 6.07) is 10.9. The fourth-order valence-electron chi connectivity index (χ4n) is 6.26. The third-order valence-electron chi connectivity index (χ3n) is 8.43. The second-order valence-electron chi connectivity index (χ2n) is 10.3. The maximum Gasteiger partial charge on any atom is 0.316 e. The predicted octanol–water partition coefficient (Wildman–Crippen LogP) is 4.11. The lowest BCUT2D eigenvalue weighted by Gasteiger charge is -2.39. The van der Waals surface area contributed by atoms with Gasteiger partial charge in [-0.3, -0.25) is 4.79 Å². The average Bonchev–Trinajstić information content (AvgIpc) is 3.12. The second kappa shape index (κ2) is 6.56. The van der Waals surface area contributed by atoms with Crippen molar-refractivity contribution in [3.05, 3.63) is 41.8 Å². The topological polar surface area (TPSA) is 71.3 Å². The number of hydrogen-bond acceptors (Lipinski definition) is 5. The van der Waals surface area contributed by atoms with Crippen molar-refractivity contribution in [1.29, 1.82) is 0 Å². The Morgan fingerprint density at radius 3 is 2.53 bits per heavy atom. The van der Waals surface area contributed by atoms with E-state index in [0.717, 1.165) is 38.2 Å². The summed E-state index contributed by atoms with van der Waals surface area (Å²) in [4.78, 5) is 14.8. The third-order valence-corrected chi connectivity index (χ3v) is 8.43. The Bertz CT molecular complexity index is 935. The lowest BCUT2D eigenvalue weighted by atomic mass is 9.65. The van der Waals surface area contributed by atoms with Crippen molar-refractivity contribution in [3.63, 3.8) is 0 Å². The predicted molar refractivity (Wildman–Crippen MR) is 113 cm³/mol. The fourth-order valence-corrected chi connectivity index (χ4v) is 6.26. The number of rotatable bonds is 5. The van der Waals surface area contributed by atoms with Crippen LogP contribution in [0, 0.1) is 11.3 Å². The summed E-state index contributed by atoms with van der Waals surface area (Å²) in [5, 5.41) is 11.7. The number of anilines is 1. The van der Waals surface area contributed by atoms with Crippen LogP contribution in [-0.2, 0) is 10.2 Å². The Morgan fingerprint density at radius 2 is 1.83 bits per heavy atom. The van der Waals surface area contributed by atoms with Crippen LogP contribution in [0.25, 0.3) is 0 Å². The van der Waals surface area contributed by atoms with Gasteiger partial charge < -0.3 is 14.6 Å². The number of likely N-dealkylation sites (tertiary alicyclic amines) is 1. The van der Waals surface area contributed by atoms with Crippen molar-refractivity contribution in [2.45, 2.75) is 69.2 Å². The fraction of sp³-hybridized carbons (Fsp3) is 0.625. The minimum Gasteiger partial charge on any atom is -0.408 e. The summed E-state index contributed by atoms with van der Waals surface area (Å²) in [6.07, 6.45) is 8.50. The highest BCUT2D eigenvalue weighted by Gasteiger charge is 2.58. The average molecular weight is 407 g/mol. The molecule has 7 rings (SSSR count). The molecule has 5 aliphatic rings. The number of nitrogens with one attached hydrogen (secondary N) is 1. The molecule has 158 valence electrons. The van der Waals surface area contributed by atoms with Crippen LogP contribution < -0.4 is 5.32 Å². The van der Waals surface area contributed by atoms with Gasteiger partial charge in [0.2, 0.25) is 11.8 Å². The standard InChI is InChI=1S/C24H30N4O2/c1-16(21(29)28-11-9-23(7-8-23)10-12-28)25-22-27-26-20(30-22)19-15-24(13-17(19)14-24)18-5-3-2-4-6-18/h2-6,16-17,19H,7-15H2,1H3,(H,25,27). The molecule has 2 unspecified atom stereocenters. The minimum absolute atomic E-state index is 0.136. The number of carbonyl (C=O) groups excluding carboxylic acids is 1.